The molecule has 4 bridgehead atoms. The Morgan fingerprint density at radius 3 is 2.12 bits per heavy atom. The highest BCUT2D eigenvalue weighted by Gasteiger charge is 2.38. The third-order valence-electron chi connectivity index (χ3n) is 12.3. The van der Waals surface area contributed by atoms with Gasteiger partial charge in [-0.1, -0.05) is 39.8 Å². The number of rotatable bonds is 18. The number of aliphatic hydroxyl groups excluding tert-OH is 2. The molecule has 6 atom stereocenters. The van der Waals surface area contributed by atoms with Crippen LogP contribution in [0.3, 0.4) is 0 Å². The number of aryl methyl sites for hydroxylation is 2. The molecule has 23 nitrogen and oxygen atoms in total. The Balaban J connectivity index is 1.68. The number of nitrogens with one attached hydrogen (secondary N) is 2. The zero-order valence-corrected chi connectivity index (χ0v) is 42.4. The molecular weight excluding hydrogens is 971 g/mol. The number of benzene rings is 3. The van der Waals surface area contributed by atoms with Gasteiger partial charge in [-0.05, 0) is 71.8 Å². The highest BCUT2D eigenvalue weighted by molar-refractivity contribution is 7.87. The number of Topliss-reactive ketones (excluding diaryl/α,β-unsaturated/α-hetero) is 2. The number of anilines is 1. The normalized spacial score (nSPS) is 17.7. The van der Waals surface area contributed by atoms with E-state index in [0.29, 0.717) is 11.1 Å². The number of fused-ring (bicyclic) bond motifs is 5. The lowest BCUT2D eigenvalue weighted by Crippen LogP contribution is -2.46. The van der Waals surface area contributed by atoms with Crippen LogP contribution in [0.25, 0.3) is 22.5 Å². The highest BCUT2D eigenvalue weighted by Crippen LogP contribution is 2.45. The van der Waals surface area contributed by atoms with Crippen LogP contribution >= 0.6 is 0 Å². The number of phenolic OH excluding ortho intramolecular Hbond substituents is 2. The molecule has 1 aliphatic rings. The number of hydrogen-bond acceptors (Lipinski definition) is 18. The summed E-state index contributed by atoms with van der Waals surface area (Å²) in [7, 11) is -3.34. The highest BCUT2D eigenvalue weighted by atomic mass is 32.2. The molecule has 0 aliphatic carbocycles. The lowest BCUT2D eigenvalue weighted by molar-refractivity contribution is -0.143. The number of likely N-dealkylation sites (N-methyl/N-ethyl adjacent to an activating group) is 1. The molecule has 0 spiro atoms. The molecule has 2 heterocycles. The molecule has 3 aromatic carbocycles. The topological polar surface area (TPSA) is 396 Å². The van der Waals surface area contributed by atoms with Gasteiger partial charge in [0, 0.05) is 63.0 Å². The average molecular weight is 1040 g/mol. The fourth-order valence-electron chi connectivity index (χ4n) is 8.28. The predicted molar refractivity (Wildman–Crippen MR) is 267 cm³/mol. The first-order chi connectivity index (χ1) is 34.0. The minimum Gasteiger partial charge on any atom is -0.507 e. The number of nitrogens with two attached hydrogens (primary N) is 4. The number of aliphatic hydroxyl groups is 2. The van der Waals surface area contributed by atoms with Crippen LogP contribution in [0.5, 0.6) is 23.0 Å². The van der Waals surface area contributed by atoms with Crippen molar-refractivity contribution in [3.05, 3.63) is 76.0 Å². The zero-order chi connectivity index (χ0) is 54.4. The third kappa shape index (κ3) is 14.0. The Hall–Kier alpha value is -6.80. The van der Waals surface area contributed by atoms with Crippen molar-refractivity contribution in [1.82, 2.24) is 24.9 Å². The molecule has 0 saturated carbocycles. The molecule has 24 heteroatoms. The van der Waals surface area contributed by atoms with E-state index in [1.165, 1.54) is 51.2 Å². The number of amides is 2. The van der Waals surface area contributed by atoms with Crippen molar-refractivity contribution >= 4 is 45.4 Å². The van der Waals surface area contributed by atoms with Crippen molar-refractivity contribution < 1.29 is 67.4 Å². The summed E-state index contributed by atoms with van der Waals surface area (Å²) < 4.78 is 38.5. The summed E-state index contributed by atoms with van der Waals surface area (Å²) in [5, 5.41) is 61.7. The summed E-state index contributed by atoms with van der Waals surface area (Å²) in [4.78, 5) is 80.1. The van der Waals surface area contributed by atoms with E-state index in [2.05, 4.69) is 15.3 Å². The van der Waals surface area contributed by atoms with Crippen LogP contribution in [-0.4, -0.2) is 136 Å². The number of hydrogen-bond donors (Lipinski definition) is 11. The first-order valence-corrected chi connectivity index (χ1v) is 24.7. The van der Waals surface area contributed by atoms with Crippen molar-refractivity contribution in [1.29, 1.82) is 0 Å². The van der Waals surface area contributed by atoms with Crippen LogP contribution in [0.2, 0.25) is 0 Å². The molecule has 5 rings (SSSR count). The number of nitrogen functional groups attached to an aromatic ring is 1. The fraction of sp³-hybridized carbons (Fsp3) is 0.449. The van der Waals surface area contributed by atoms with E-state index in [4.69, 9.17) is 31.8 Å². The number of aliphatic carboxylic acids is 1. The first kappa shape index (κ1) is 57.1. The van der Waals surface area contributed by atoms with E-state index < -0.39 is 107 Å². The minimum absolute atomic E-state index is 0.00621. The molecule has 396 valence electrons. The molecule has 73 heavy (non-hydrogen) atoms. The number of aromatic nitrogens is 2. The van der Waals surface area contributed by atoms with Gasteiger partial charge >= 0.3 is 5.97 Å². The van der Waals surface area contributed by atoms with Crippen LogP contribution in [0.1, 0.15) is 84.9 Å². The van der Waals surface area contributed by atoms with E-state index >= 15 is 0 Å². The molecule has 0 fully saturated rings. The van der Waals surface area contributed by atoms with E-state index in [1.54, 1.807) is 13.0 Å². The van der Waals surface area contributed by atoms with E-state index in [9.17, 15) is 57.9 Å². The largest absolute Gasteiger partial charge is 0.507 e. The molecule has 0 unspecified atom stereocenters. The first-order valence-electron chi connectivity index (χ1n) is 23.2. The molecule has 1 aliphatic heterocycles. The standard InChI is InChI=1S/C49H65N9O14S/c1-23-10-29(49(4,5)6)17-36(62)40(23)45-55-25(3)41(44(52)57-45)35(61)15-28(20-54-73(53,69)70)47(66)58(7)42-27-14-33(43(64)39(16-27)72-22-31(60)19-51)32-12-26(8-9-38(32)71-21-30(59)18-50)13-34(48(67)68)56-46(65)24(2)11-37(42)63/h8-10,12,14,16-17,24,28,30-31,34,42,54,59-60,62,64H,11,13,15,18-22,50-51H2,1-7H3,(H,56,65)(H,67,68)(H2,52,55,57)(H2,53,69,70)/t24-,28+,30-,31-,34+,42+/m1/s1. The van der Waals surface area contributed by atoms with Gasteiger partial charge in [0.2, 0.25) is 11.8 Å². The van der Waals surface area contributed by atoms with Crippen LogP contribution in [0.4, 0.5) is 5.82 Å². The number of carbonyl (C=O) groups excluding carboxylic acids is 4. The van der Waals surface area contributed by atoms with Crippen LogP contribution < -0.4 is 41.9 Å². The monoisotopic (exact) mass is 1040 g/mol. The second kappa shape index (κ2) is 23.4. The number of nitrogens with zero attached hydrogens (tertiary/aromatic N) is 3. The number of carboxylic acids is 1. The average Bonchev–Trinajstić information content (AvgIpc) is 3.30. The smallest absolute Gasteiger partial charge is 0.326 e. The number of phenols is 2. The summed E-state index contributed by atoms with van der Waals surface area (Å²) in [6, 6.07) is 7.08. The SMILES string of the molecule is Cc1cc(C(C)(C)C)cc(O)c1-c1nc(C)c(C(=O)C[C@@H](CNS(N)(=O)=O)C(=O)N(C)[C@@H]2C(=O)C[C@@H](C)C(=O)N[C@H](C(=O)O)Cc3ccc(OC[C@H](O)CN)c(c3)-c3cc2cc(OC[C@H](O)CN)c3O)c(N)n1. The second-order valence-corrected chi connectivity index (χ2v) is 20.6. The maximum atomic E-state index is 15.0. The van der Waals surface area contributed by atoms with Gasteiger partial charge < -0.3 is 62.4 Å². The van der Waals surface area contributed by atoms with Gasteiger partial charge in [-0.3, -0.25) is 19.2 Å². The van der Waals surface area contributed by atoms with Gasteiger partial charge in [-0.25, -0.2) is 24.6 Å². The van der Waals surface area contributed by atoms with Gasteiger partial charge in [-0.15, -0.1) is 0 Å². The van der Waals surface area contributed by atoms with Crippen LogP contribution in [0.15, 0.2) is 42.5 Å². The number of ketones is 2. The number of carboxylic acid groups (broad SMARTS) is 1. The Bertz CT molecular complexity index is 2830. The summed E-state index contributed by atoms with van der Waals surface area (Å²) in [6.07, 6.45) is -4.08. The third-order valence-corrected chi connectivity index (χ3v) is 12.9. The van der Waals surface area contributed by atoms with Gasteiger partial charge in [-0.2, -0.15) is 8.42 Å². The van der Waals surface area contributed by atoms with Crippen molar-refractivity contribution in [2.24, 2.45) is 28.4 Å². The quantitative estimate of drug-likeness (QED) is 0.0620. The van der Waals surface area contributed by atoms with Gasteiger partial charge in [0.25, 0.3) is 10.2 Å². The van der Waals surface area contributed by atoms with Crippen LogP contribution in [-0.2, 0) is 41.2 Å². The Morgan fingerprint density at radius 2 is 1.56 bits per heavy atom. The lowest BCUT2D eigenvalue weighted by atomic mass is 9.85. The molecular formula is C49H65N9O14S. The maximum absolute atomic E-state index is 15.0. The molecule has 1 aromatic heterocycles. The van der Waals surface area contributed by atoms with E-state index in [0.717, 1.165) is 10.5 Å². The Kier molecular flexibility index (Phi) is 18.3. The molecule has 15 N–H and O–H groups in total. The number of ether oxygens (including phenoxy) is 2. The lowest BCUT2D eigenvalue weighted by Gasteiger charge is -2.32. The number of aromatic hydroxyl groups is 2. The number of carbonyl (C=O) groups is 5. The summed E-state index contributed by atoms with van der Waals surface area (Å²) >= 11 is 0. The fourth-order valence-corrected chi connectivity index (χ4v) is 8.71. The van der Waals surface area contributed by atoms with E-state index in [1.807, 2.05) is 31.6 Å². The van der Waals surface area contributed by atoms with Gasteiger partial charge in [0.05, 0.1) is 22.7 Å². The van der Waals surface area contributed by atoms with Gasteiger partial charge in [0.15, 0.2) is 28.9 Å². The molecule has 2 amide bonds. The van der Waals surface area contributed by atoms with E-state index in [-0.39, 0.29) is 93.9 Å². The summed E-state index contributed by atoms with van der Waals surface area (Å²) in [5.41, 5.74) is 19.1. The Labute approximate surface area is 422 Å². The summed E-state index contributed by atoms with van der Waals surface area (Å²) in [6.45, 7) is 8.44. The maximum Gasteiger partial charge on any atom is 0.326 e. The molecule has 4 aromatic rings. The summed E-state index contributed by atoms with van der Waals surface area (Å²) in [5.74, 6) is -9.11. The van der Waals surface area contributed by atoms with Crippen LogP contribution in [0, 0.1) is 25.7 Å². The van der Waals surface area contributed by atoms with Gasteiger partial charge in [0.1, 0.15) is 54.8 Å². The second-order valence-electron chi connectivity index (χ2n) is 19.2. The van der Waals surface area contributed by atoms with Crippen molar-refractivity contribution in [2.75, 3.05) is 45.6 Å². The molecule has 0 saturated heterocycles. The molecule has 0 radical (unpaired) electrons. The van der Waals surface area contributed by atoms with Crippen molar-refractivity contribution in [3.63, 3.8) is 0 Å². The van der Waals surface area contributed by atoms with Crippen molar-refractivity contribution in [2.45, 2.75) is 90.5 Å². The minimum atomic E-state index is -4.52. The predicted octanol–water partition coefficient (Wildman–Crippen LogP) is 1.02. The van der Waals surface area contributed by atoms with Crippen molar-refractivity contribution in [3.8, 4) is 45.5 Å². The zero-order valence-electron chi connectivity index (χ0n) is 41.6. The Morgan fingerprint density at radius 1 is 0.932 bits per heavy atom.